The number of benzene rings is 2. The van der Waals surface area contributed by atoms with Crippen LogP contribution in [0.5, 0.6) is 11.5 Å². The molecule has 0 saturated heterocycles. The Kier molecular flexibility index (Phi) is 9.31. The smallest absolute Gasteiger partial charge is 0.453 e. The molecule has 0 bridgehead atoms. The summed E-state index contributed by atoms with van der Waals surface area (Å²) < 4.78 is 92.9. The molecule has 3 aliphatic rings. The van der Waals surface area contributed by atoms with Crippen LogP contribution in [0.15, 0.2) is 42.5 Å². The second-order valence-corrected chi connectivity index (χ2v) is 15.5. The molecule has 44 heavy (non-hydrogen) atoms. The number of fused-ring (bicyclic) bond motifs is 5. The summed E-state index contributed by atoms with van der Waals surface area (Å²) >= 11 is 0. The Balaban J connectivity index is 1.17. The van der Waals surface area contributed by atoms with Crippen LogP contribution in [-0.2, 0) is 16.3 Å². The van der Waals surface area contributed by atoms with Gasteiger partial charge in [0.05, 0.1) is 24.2 Å². The van der Waals surface area contributed by atoms with E-state index in [4.69, 9.17) is 4.74 Å². The van der Waals surface area contributed by atoms with E-state index < -0.39 is 40.5 Å². The zero-order chi connectivity index (χ0) is 31.9. The molecule has 0 aromatic heterocycles. The molecule has 3 aliphatic carbocycles. The van der Waals surface area contributed by atoms with Crippen molar-refractivity contribution in [2.45, 2.75) is 94.7 Å². The number of ether oxygens (including phenoxy) is 1. The van der Waals surface area contributed by atoms with E-state index in [-0.39, 0.29) is 47.9 Å². The van der Waals surface area contributed by atoms with Gasteiger partial charge in [0.2, 0.25) is 0 Å². The lowest BCUT2D eigenvalue weighted by Crippen LogP contribution is -2.47. The van der Waals surface area contributed by atoms with E-state index >= 15 is 0 Å². The molecule has 6 atom stereocenters. The van der Waals surface area contributed by atoms with Crippen LogP contribution >= 0.6 is 0 Å². The van der Waals surface area contributed by atoms with Gasteiger partial charge in [0.25, 0.3) is 0 Å². The lowest BCUT2D eigenvalue weighted by atomic mass is 9.51. The molecule has 5 rings (SSSR count). The van der Waals surface area contributed by atoms with Crippen LogP contribution in [-0.4, -0.2) is 54.9 Å². The Hall–Kier alpha value is -2.40. The van der Waals surface area contributed by atoms with Crippen LogP contribution < -0.4 is 4.74 Å². The van der Waals surface area contributed by atoms with Crippen molar-refractivity contribution < 1.29 is 45.3 Å². The van der Waals surface area contributed by atoms with Crippen molar-refractivity contribution in [3.05, 3.63) is 59.2 Å². The number of hydrogen-bond acceptors (Lipinski definition) is 5. The fraction of sp³-hybridized carbons (Fsp3) is 0.636. The number of rotatable bonds is 11. The van der Waals surface area contributed by atoms with Gasteiger partial charge in [-0.15, -0.1) is 0 Å². The van der Waals surface area contributed by atoms with E-state index in [0.29, 0.717) is 24.0 Å². The lowest BCUT2D eigenvalue weighted by molar-refractivity contribution is -0.284. The summed E-state index contributed by atoms with van der Waals surface area (Å²) in [6.45, 7) is 2.47. The van der Waals surface area contributed by atoms with Gasteiger partial charge in [0.1, 0.15) is 21.3 Å². The quantitative estimate of drug-likeness (QED) is 0.195. The Labute approximate surface area is 255 Å². The molecule has 0 spiro atoms. The highest BCUT2D eigenvalue weighted by molar-refractivity contribution is 7.91. The van der Waals surface area contributed by atoms with Gasteiger partial charge in [-0.25, -0.2) is 8.42 Å². The molecule has 2 aromatic carbocycles. The van der Waals surface area contributed by atoms with E-state index in [1.165, 1.54) is 11.1 Å². The summed E-state index contributed by atoms with van der Waals surface area (Å²) in [7, 11) is -3.75. The van der Waals surface area contributed by atoms with Crippen molar-refractivity contribution in [1.82, 2.24) is 0 Å². The third-order valence-electron chi connectivity index (χ3n) is 10.5. The fourth-order valence-electron chi connectivity index (χ4n) is 8.18. The van der Waals surface area contributed by atoms with Gasteiger partial charge in [0.15, 0.2) is 0 Å². The normalized spacial score (nSPS) is 28.7. The molecule has 0 aliphatic heterocycles. The van der Waals surface area contributed by atoms with E-state index in [1.54, 1.807) is 6.07 Å². The second kappa shape index (κ2) is 12.4. The first kappa shape index (κ1) is 33.0. The van der Waals surface area contributed by atoms with Crippen LogP contribution in [0.4, 0.5) is 22.0 Å². The summed E-state index contributed by atoms with van der Waals surface area (Å²) in [4.78, 5) is 0. The van der Waals surface area contributed by atoms with Crippen LogP contribution in [0.1, 0.15) is 86.8 Å². The van der Waals surface area contributed by atoms with Crippen LogP contribution in [0, 0.1) is 17.3 Å². The van der Waals surface area contributed by atoms with Crippen molar-refractivity contribution in [3.63, 3.8) is 0 Å². The minimum Gasteiger partial charge on any atom is -0.508 e. The number of halogens is 5. The van der Waals surface area contributed by atoms with E-state index in [0.717, 1.165) is 37.7 Å². The summed E-state index contributed by atoms with van der Waals surface area (Å²) in [6, 6.07) is 13.6. The summed E-state index contributed by atoms with van der Waals surface area (Å²) in [5.74, 6) is -3.64. The number of phenols is 1. The van der Waals surface area contributed by atoms with E-state index in [9.17, 15) is 40.6 Å². The fourth-order valence-corrected chi connectivity index (χ4v) is 9.61. The van der Waals surface area contributed by atoms with Crippen molar-refractivity contribution in [2.75, 3.05) is 18.1 Å². The van der Waals surface area contributed by atoms with Crippen LogP contribution in [0.25, 0.3) is 0 Å². The van der Waals surface area contributed by atoms with Crippen molar-refractivity contribution in [3.8, 4) is 11.5 Å². The largest absolute Gasteiger partial charge is 0.508 e. The molecule has 11 heteroatoms. The molecule has 244 valence electrons. The zero-order valence-electron chi connectivity index (χ0n) is 24.8. The number of phenolic OH excluding ortho intramolecular Hbond substituents is 1. The molecule has 0 amide bonds. The molecular weight excluding hydrogens is 603 g/mol. The highest BCUT2D eigenvalue weighted by Gasteiger charge is 2.58. The molecule has 0 heterocycles. The van der Waals surface area contributed by atoms with Crippen molar-refractivity contribution in [1.29, 1.82) is 0 Å². The minimum atomic E-state index is -5.68. The number of aryl methyl sites for hydroxylation is 1. The molecule has 2 saturated carbocycles. The minimum absolute atomic E-state index is 0.158. The zero-order valence-corrected chi connectivity index (χ0v) is 25.6. The topological polar surface area (TPSA) is 83.8 Å². The molecule has 2 aromatic rings. The first-order valence-corrected chi connectivity index (χ1v) is 17.3. The van der Waals surface area contributed by atoms with E-state index in [2.05, 4.69) is 25.1 Å². The number of hydrogen-bond donors (Lipinski definition) is 2. The SMILES string of the molecule is C[C@]12C[C@H](c3ccc(OCCCCS(=O)(=O)CCCC(F)(F)C(F)(F)F)cc3)[C@@H]3c4ccc(O)cc4CC[C@H]3[C@@H]1CC[C@@H]2O. The Morgan fingerprint density at radius 3 is 2.36 bits per heavy atom. The highest BCUT2D eigenvalue weighted by Crippen LogP contribution is 2.65. The average molecular weight is 645 g/mol. The van der Waals surface area contributed by atoms with Gasteiger partial charge >= 0.3 is 12.1 Å². The lowest BCUT2D eigenvalue weighted by Gasteiger charge is -2.54. The highest BCUT2D eigenvalue weighted by atomic mass is 32.2. The molecule has 0 unspecified atom stereocenters. The maximum Gasteiger partial charge on any atom is 0.453 e. The van der Waals surface area contributed by atoms with Crippen molar-refractivity contribution in [2.24, 2.45) is 17.3 Å². The molecule has 2 fully saturated rings. The van der Waals surface area contributed by atoms with Gasteiger partial charge < -0.3 is 14.9 Å². The number of unbranched alkanes of at least 4 members (excludes halogenated alkanes) is 1. The maximum absolute atomic E-state index is 13.0. The molecule has 0 radical (unpaired) electrons. The number of sulfone groups is 1. The van der Waals surface area contributed by atoms with E-state index in [1.807, 2.05) is 18.2 Å². The standard InChI is InChI=1S/C33H41F5O5S/c1-31-20-27(30-25-12-8-23(39)19-22(25)7-11-26(30)28(31)13-14-29(31)40)21-5-9-24(10-6-21)43-16-2-3-17-44(41,42)18-4-15-32(34,35)33(36,37)38/h5-6,8-10,12,19,26-30,39-40H,2-4,7,11,13-18,20H2,1H3/t26-,27+,28-,29-,30+,31-/m0/s1. The average Bonchev–Trinajstić information content (AvgIpc) is 3.25. The van der Waals surface area contributed by atoms with Gasteiger partial charge in [-0.2, -0.15) is 22.0 Å². The second-order valence-electron chi connectivity index (χ2n) is 13.2. The van der Waals surface area contributed by atoms with Gasteiger partial charge in [0, 0.05) is 6.42 Å². The number of aliphatic hydroxyl groups is 1. The molecule has 5 nitrogen and oxygen atoms in total. The Morgan fingerprint density at radius 1 is 0.955 bits per heavy atom. The third kappa shape index (κ3) is 6.73. The van der Waals surface area contributed by atoms with Crippen molar-refractivity contribution >= 4 is 9.84 Å². The van der Waals surface area contributed by atoms with Crippen LogP contribution in [0.3, 0.4) is 0 Å². The van der Waals surface area contributed by atoms with Gasteiger partial charge in [-0.1, -0.05) is 25.1 Å². The molecule has 2 N–H and O–H groups in total. The monoisotopic (exact) mass is 644 g/mol. The van der Waals surface area contributed by atoms with Gasteiger partial charge in [-0.05, 0) is 121 Å². The summed E-state index contributed by atoms with van der Waals surface area (Å²) in [5.41, 5.74) is 3.49. The van der Waals surface area contributed by atoms with Crippen LogP contribution in [0.2, 0.25) is 0 Å². The third-order valence-corrected chi connectivity index (χ3v) is 12.3. The maximum atomic E-state index is 13.0. The number of aromatic hydroxyl groups is 1. The number of aliphatic hydroxyl groups excluding tert-OH is 1. The molecular formula is C33H41F5O5S. The Bertz CT molecular complexity index is 1410. The predicted molar refractivity (Wildman–Crippen MR) is 157 cm³/mol. The van der Waals surface area contributed by atoms with Gasteiger partial charge in [-0.3, -0.25) is 0 Å². The number of alkyl halides is 5. The predicted octanol–water partition coefficient (Wildman–Crippen LogP) is 7.55. The summed E-state index contributed by atoms with van der Waals surface area (Å²) in [6.07, 6.45) is -3.07. The Morgan fingerprint density at radius 2 is 1.66 bits per heavy atom. The first-order valence-electron chi connectivity index (χ1n) is 15.5. The summed E-state index contributed by atoms with van der Waals surface area (Å²) in [5, 5.41) is 21.2. The first-order chi connectivity index (χ1) is 20.6.